The number of ether oxygens (including phenoxy) is 8. The molecule has 0 radical (unpaired) electrons. The number of likely N-dealkylation sites (N-methyl/N-ethyl adjacent to an activating group) is 1. The molecule has 17 heteroatoms. The van der Waals surface area contributed by atoms with Crippen molar-refractivity contribution in [3.05, 3.63) is 0 Å². The summed E-state index contributed by atoms with van der Waals surface area (Å²) in [4.78, 5) is 40.0. The maximum absolute atomic E-state index is 14.1. The lowest BCUT2D eigenvalue weighted by atomic mass is 9.74. The molecule has 0 aliphatic carbocycles. The van der Waals surface area contributed by atoms with Crippen LogP contribution in [0.5, 0.6) is 0 Å². The molecule has 17 nitrogen and oxygen atoms in total. The molecule has 3 heterocycles. The summed E-state index contributed by atoms with van der Waals surface area (Å²) in [5.41, 5.74) is -4.84. The van der Waals surface area contributed by atoms with Gasteiger partial charge in [0, 0.05) is 37.3 Å². The molecule has 0 spiro atoms. The van der Waals surface area contributed by atoms with E-state index in [0.717, 1.165) is 0 Å². The summed E-state index contributed by atoms with van der Waals surface area (Å²) in [6, 6.07) is -0.324. The van der Waals surface area contributed by atoms with Gasteiger partial charge in [-0.1, -0.05) is 27.7 Å². The number of rotatable bonds is 9. The second-order valence-electron chi connectivity index (χ2n) is 17.6. The third-order valence-corrected chi connectivity index (χ3v) is 12.3. The highest BCUT2D eigenvalue weighted by atomic mass is 16.7. The lowest BCUT2D eigenvalue weighted by Crippen LogP contribution is -2.61. The number of cyclic esters (lactones) is 1. The highest BCUT2D eigenvalue weighted by Gasteiger charge is 2.53. The van der Waals surface area contributed by atoms with E-state index < -0.39 is 114 Å². The number of carbonyl (C=O) groups is 3. The van der Waals surface area contributed by atoms with Crippen molar-refractivity contribution in [3.8, 4) is 0 Å². The van der Waals surface area contributed by atoms with Gasteiger partial charge >= 0.3 is 12.1 Å². The van der Waals surface area contributed by atoms with Gasteiger partial charge in [-0.15, -0.1) is 0 Å². The fourth-order valence-electron chi connectivity index (χ4n) is 8.69. The zero-order valence-electron chi connectivity index (χ0n) is 38.1. The Labute approximate surface area is 351 Å². The highest BCUT2D eigenvalue weighted by molar-refractivity contribution is 5.83. The molecule has 0 saturated carbocycles. The second kappa shape index (κ2) is 22.4. The first-order chi connectivity index (χ1) is 27.2. The lowest BCUT2D eigenvalue weighted by Gasteiger charge is -2.49. The number of Topliss-reactive ketones (excluding diaryl/α,β-unsaturated/α-hetero) is 1. The summed E-state index contributed by atoms with van der Waals surface area (Å²) < 4.78 is 45.9. The molecule has 5 N–H and O–H groups in total. The number of hydrogen-bond donors (Lipinski definition) is 5. The number of methoxy groups -OCH3 is 1. The van der Waals surface area contributed by atoms with Crippen LogP contribution in [0.1, 0.15) is 109 Å². The number of hydrogen-bond acceptors (Lipinski definition) is 17. The van der Waals surface area contributed by atoms with Gasteiger partial charge in [0.1, 0.15) is 29.7 Å². The first-order valence-electron chi connectivity index (χ1n) is 21.1. The molecule has 3 fully saturated rings. The molecular formula is C42H77NO16. The van der Waals surface area contributed by atoms with E-state index >= 15 is 0 Å². The number of carbonyl (C=O) groups excluding carboxylic acids is 3. The van der Waals surface area contributed by atoms with Crippen molar-refractivity contribution in [1.29, 1.82) is 0 Å². The number of aliphatic hydroxyl groups excluding tert-OH is 3. The molecule has 3 saturated heterocycles. The van der Waals surface area contributed by atoms with Crippen molar-refractivity contribution in [2.75, 3.05) is 34.4 Å². The summed E-state index contributed by atoms with van der Waals surface area (Å²) in [6.07, 6.45) is -10.3. The van der Waals surface area contributed by atoms with Crippen molar-refractivity contribution in [3.63, 3.8) is 0 Å². The van der Waals surface area contributed by atoms with Gasteiger partial charge in [-0.05, 0) is 88.7 Å². The van der Waals surface area contributed by atoms with Crippen LogP contribution in [0.25, 0.3) is 0 Å². The molecule has 0 unspecified atom stereocenters. The number of aliphatic hydroxyl groups is 5. The maximum Gasteiger partial charge on any atom is 0.508 e. The van der Waals surface area contributed by atoms with E-state index in [1.165, 1.54) is 27.9 Å². The zero-order valence-corrected chi connectivity index (χ0v) is 38.1. The van der Waals surface area contributed by atoms with Gasteiger partial charge in [-0.3, -0.25) is 9.59 Å². The zero-order chi connectivity index (χ0) is 45.4. The van der Waals surface area contributed by atoms with Gasteiger partial charge in [0.05, 0.1) is 60.9 Å². The van der Waals surface area contributed by atoms with Crippen LogP contribution in [-0.2, 0) is 47.5 Å². The van der Waals surface area contributed by atoms with Gasteiger partial charge in [0.15, 0.2) is 12.6 Å². The summed E-state index contributed by atoms with van der Waals surface area (Å²) in [5, 5.41) is 57.6. The highest BCUT2D eigenvalue weighted by Crippen LogP contribution is 2.40. The summed E-state index contributed by atoms with van der Waals surface area (Å²) >= 11 is 0. The number of esters is 1. The van der Waals surface area contributed by atoms with Crippen LogP contribution in [0.2, 0.25) is 0 Å². The summed E-state index contributed by atoms with van der Waals surface area (Å²) in [6.45, 7) is 20.5. The van der Waals surface area contributed by atoms with Gasteiger partial charge in [-0.25, -0.2) is 4.79 Å². The minimum atomic E-state index is -1.99. The van der Waals surface area contributed by atoms with E-state index in [-0.39, 0.29) is 31.4 Å². The Balaban J connectivity index is 0.00000135. The molecule has 0 aromatic heterocycles. The van der Waals surface area contributed by atoms with E-state index in [1.54, 1.807) is 55.4 Å². The SMILES string of the molecule is CCOC(=O)OCC.CC[C@H]1OC(=O)[C@H](C)[C@@H](O[C@H]2C[C@@](C)(OC)[C@@H](O)[C@H](C)O2)[C@H](C)[C@@H](O[C@@H]2O[C@H](C)C[C@H](N(C)C)[C@H]2O)[C@](C)(O)C[C@@H](C)C(=O)[C@H](C)[C@@H](O)[C@]1(C)O. The quantitative estimate of drug-likeness (QED) is 0.210. The smallest absolute Gasteiger partial charge is 0.459 e. The molecule has 59 heavy (non-hydrogen) atoms. The van der Waals surface area contributed by atoms with Gasteiger partial charge in [0.2, 0.25) is 0 Å². The van der Waals surface area contributed by atoms with Gasteiger partial charge < -0.3 is 68.3 Å². The number of nitrogens with zero attached hydrogens (tertiary/aromatic N) is 1. The normalized spacial score (nSPS) is 44.1. The van der Waals surface area contributed by atoms with Crippen molar-refractivity contribution in [2.24, 2.45) is 23.7 Å². The summed E-state index contributed by atoms with van der Waals surface area (Å²) in [5.74, 6) is -4.98. The maximum atomic E-state index is 14.1. The topological polar surface area (TPSA) is 229 Å². The van der Waals surface area contributed by atoms with E-state index in [4.69, 9.17) is 28.4 Å². The van der Waals surface area contributed by atoms with Crippen LogP contribution in [0.3, 0.4) is 0 Å². The average molecular weight is 852 g/mol. The van der Waals surface area contributed by atoms with E-state index in [0.29, 0.717) is 19.6 Å². The van der Waals surface area contributed by atoms with Crippen LogP contribution in [0.4, 0.5) is 4.79 Å². The Morgan fingerprint density at radius 1 is 0.847 bits per heavy atom. The van der Waals surface area contributed by atoms with E-state index in [1.807, 2.05) is 25.9 Å². The average Bonchev–Trinajstić information content (AvgIpc) is 3.16. The summed E-state index contributed by atoms with van der Waals surface area (Å²) in [7, 11) is 5.18. The van der Waals surface area contributed by atoms with Crippen LogP contribution < -0.4 is 0 Å². The Kier molecular flexibility index (Phi) is 20.1. The van der Waals surface area contributed by atoms with Crippen molar-refractivity contribution in [1.82, 2.24) is 4.90 Å². The van der Waals surface area contributed by atoms with E-state index in [9.17, 15) is 39.9 Å². The molecule has 0 aromatic rings. The van der Waals surface area contributed by atoms with Crippen molar-refractivity contribution in [2.45, 2.75) is 193 Å². The standard InChI is InChI=1S/C37H67NO13.C5H10O3/c1-14-25-37(10,45)30(41)20(4)27(39)18(2)16-35(8,44)32(51-34-28(40)24(38(11)12)15-19(3)47-34)21(5)29(22(6)33(43)49-25)50-26-17-36(9,46-13)31(42)23(7)48-26;1-3-7-5(6)8-4-2/h18-26,28-32,34,40-42,44-45H,14-17H2,1-13H3;3-4H2,1-2H3/t18-,19-,20+,21+,22-,23+,24+,25-,26+,28-,29+,30-,31+,32-,34+,35-,36-,37-;/m1./s1. The lowest BCUT2D eigenvalue weighted by molar-refractivity contribution is -0.318. The van der Waals surface area contributed by atoms with Gasteiger partial charge in [0.25, 0.3) is 0 Å². The van der Waals surface area contributed by atoms with Crippen molar-refractivity contribution >= 4 is 17.9 Å². The van der Waals surface area contributed by atoms with Crippen molar-refractivity contribution < 1.29 is 77.8 Å². The predicted molar refractivity (Wildman–Crippen MR) is 215 cm³/mol. The minimum absolute atomic E-state index is 0.0936. The molecule has 3 rings (SSSR count). The fraction of sp³-hybridized carbons (Fsp3) is 0.929. The van der Waals surface area contributed by atoms with Gasteiger partial charge in [-0.2, -0.15) is 0 Å². The number of ketones is 1. The third kappa shape index (κ3) is 13.2. The Hall–Kier alpha value is -2.03. The van der Waals surface area contributed by atoms with Crippen LogP contribution >= 0.6 is 0 Å². The molecular weight excluding hydrogens is 774 g/mol. The second-order valence-corrected chi connectivity index (χ2v) is 17.6. The minimum Gasteiger partial charge on any atom is -0.459 e. The first-order valence-corrected chi connectivity index (χ1v) is 21.1. The Bertz CT molecular complexity index is 1320. The molecule has 346 valence electrons. The first kappa shape index (κ1) is 53.1. The molecule has 3 aliphatic heterocycles. The monoisotopic (exact) mass is 852 g/mol. The van der Waals surface area contributed by atoms with Crippen LogP contribution in [-0.4, -0.2) is 167 Å². The fourth-order valence-corrected chi connectivity index (χ4v) is 8.69. The molecule has 3 aliphatic rings. The van der Waals surface area contributed by atoms with Crippen LogP contribution in [0.15, 0.2) is 0 Å². The molecule has 18 atom stereocenters. The predicted octanol–water partition coefficient (Wildman–Crippen LogP) is 2.97. The van der Waals surface area contributed by atoms with Crippen LogP contribution in [0, 0.1) is 23.7 Å². The Morgan fingerprint density at radius 3 is 1.93 bits per heavy atom. The molecule has 0 bridgehead atoms. The molecule has 0 aromatic carbocycles. The van der Waals surface area contributed by atoms with E-state index in [2.05, 4.69) is 9.47 Å². The Morgan fingerprint density at radius 2 is 1.42 bits per heavy atom. The molecule has 0 amide bonds. The largest absolute Gasteiger partial charge is 0.508 e. The third-order valence-electron chi connectivity index (χ3n) is 12.3.